The van der Waals surface area contributed by atoms with E-state index in [-0.39, 0.29) is 109 Å². The molecule has 0 aromatic carbocycles. The molecule has 112 heavy (non-hydrogen) atoms. The Bertz CT molecular complexity index is 3350. The molecule has 2 bridgehead atoms. The number of hydrogen-bond acceptors (Lipinski definition) is 14. The van der Waals surface area contributed by atoms with E-state index in [4.69, 9.17) is 9.47 Å². The summed E-state index contributed by atoms with van der Waals surface area (Å²) >= 11 is 0. The van der Waals surface area contributed by atoms with Gasteiger partial charge in [-0.2, -0.15) is 26.3 Å². The Balaban J connectivity index is 1.35. The van der Waals surface area contributed by atoms with Crippen LogP contribution in [0, 0.1) is 40.9 Å². The largest absolute Gasteiger partial charge is 0.397 e. The highest BCUT2D eigenvalue weighted by Crippen LogP contribution is 2.50. The molecule has 7 rings (SSSR count). The smallest absolute Gasteiger partial charge is 0.377 e. The van der Waals surface area contributed by atoms with Gasteiger partial charge in [0.25, 0.3) is 0 Å². The van der Waals surface area contributed by atoms with E-state index >= 15 is 47.1 Å². The zero-order valence-electron chi connectivity index (χ0n) is 67.9. The molecular formula is C78H122F8N12O14. The van der Waals surface area contributed by atoms with Crippen molar-refractivity contribution in [2.75, 3.05) is 95.8 Å². The number of alkyl halides is 8. The minimum Gasteiger partial charge on any atom is -0.377 e. The predicted molar refractivity (Wildman–Crippen MR) is 397 cm³/mol. The van der Waals surface area contributed by atoms with Crippen molar-refractivity contribution in [2.45, 2.75) is 274 Å². The third-order valence-corrected chi connectivity index (χ3v) is 24.1. The van der Waals surface area contributed by atoms with Crippen LogP contribution in [0.2, 0.25) is 0 Å². The Morgan fingerprint density at radius 3 is 1.83 bits per heavy atom. The highest BCUT2D eigenvalue weighted by atomic mass is 19.4. The van der Waals surface area contributed by atoms with Crippen LogP contribution in [-0.4, -0.2) is 302 Å². The Labute approximate surface area is 653 Å². The number of amides is 12. The number of ether oxygens (including phenoxy) is 2. The van der Waals surface area contributed by atoms with E-state index in [1.54, 1.807) is 32.9 Å². The van der Waals surface area contributed by atoms with Crippen molar-refractivity contribution in [3.05, 3.63) is 12.2 Å². The van der Waals surface area contributed by atoms with E-state index in [1.807, 2.05) is 20.8 Å². The normalized spacial score (nSPS) is 31.8. The van der Waals surface area contributed by atoms with Gasteiger partial charge < -0.3 is 69.5 Å². The van der Waals surface area contributed by atoms with Crippen molar-refractivity contribution < 1.29 is 102 Å². The molecule has 26 nitrogen and oxygen atoms in total. The Kier molecular flexibility index (Phi) is 31.9. The number of carbonyl (C=O) groups excluding carboxylic acids is 12. The first-order chi connectivity index (χ1) is 52.3. The summed E-state index contributed by atoms with van der Waals surface area (Å²) in [4.78, 5) is 193. The summed E-state index contributed by atoms with van der Waals surface area (Å²) in [6.45, 7) is 10.4. The van der Waals surface area contributed by atoms with Crippen LogP contribution < -0.4 is 16.0 Å². The van der Waals surface area contributed by atoms with Crippen LogP contribution in [-0.2, 0) is 67.0 Å². The number of likely N-dealkylation sites (N-methyl/N-ethyl adjacent to an activating group) is 7. The highest BCUT2D eigenvalue weighted by molar-refractivity contribution is 6.01. The molecule has 3 heterocycles. The standard InChI is InChI=1S/C78H122F8N12O14/c1-16-33-112-46(5)64-72(108)92(11)42-62(101)93(12)55-25-19-18-22-32-97(71(55)107)59(37-47-26-29-50(30-27-47)77(81,82)83)70(106)91(10)41-60(99)87-54(31-28-48-35-52(79)63(53(80)36-48)78(84,85)86)68(104)98-40-51(111-17-2)38-57(98)67(103)89-76(43-75(6,7)44-76)74(110)96(15)65(49-23-20-21-24-49)73(109)95(14)58(69(105)90(8)9)39-61(100)94(13)56(34-45(3)4)66(102)88-64/h18-19,45-59,63-65H,16-17,20-44H2,1-15H3,(H,87,99)(H,88,102)(H,89,103)/b19-18-/t46-,47?,48?,50?,51-,52?,53?,54+,55+,56+,57+,58+,59+,63?,64+,65+/m1/s1. The SMILES string of the molecule is CCCO[C@H](C)[C@@H]1NC(=O)[C@H](CC(C)C)N(C)C(=O)C[C@@H](C(=O)N(C)C)N(C)C(=O)[C@H](C2CCCC2)N(C)C(=O)C2(CC(C)(C)C2)NC(=O)[C@@H]2C[C@@H](OCC)CN2C(=O)[C@H](CCC2CC(F)C(C(F)(F)F)C(F)C2)NC(=O)CN(C)C(=O)[C@H](CC2CCC(C(F)(F)F)CC2)N2CC/C=C\C[C@@H](C2=O)N(C)C(=O)CN(C)C1=O. The molecule has 1 spiro atoms. The molecule has 0 aromatic heterocycles. The van der Waals surface area contributed by atoms with Gasteiger partial charge in [0.05, 0.1) is 37.6 Å². The molecule has 0 aromatic rings. The van der Waals surface area contributed by atoms with Gasteiger partial charge in [0.15, 0.2) is 0 Å². The molecule has 34 heteroatoms. The molecule has 2 saturated heterocycles. The van der Waals surface area contributed by atoms with Gasteiger partial charge in [0, 0.05) is 89.1 Å². The summed E-state index contributed by atoms with van der Waals surface area (Å²) in [7, 11) is 10.8. The zero-order chi connectivity index (χ0) is 83.6. The van der Waals surface area contributed by atoms with E-state index < -0.39 is 235 Å². The monoisotopic (exact) mass is 1600 g/mol. The first kappa shape index (κ1) is 91.9. The molecule has 634 valence electrons. The lowest BCUT2D eigenvalue weighted by atomic mass is 9.58. The molecule has 12 atom stereocenters. The molecule has 2 unspecified atom stereocenters. The molecule has 0 radical (unpaired) electrons. The van der Waals surface area contributed by atoms with Gasteiger partial charge >= 0.3 is 12.4 Å². The Morgan fingerprint density at radius 1 is 0.652 bits per heavy atom. The second kappa shape index (κ2) is 38.9. The molecular weight excluding hydrogens is 1480 g/mol. The van der Waals surface area contributed by atoms with E-state index in [1.165, 1.54) is 78.0 Å². The number of carbonyl (C=O) groups is 12. The molecule has 12 amide bonds. The maximum atomic E-state index is 15.8. The first-order valence-electron chi connectivity index (χ1n) is 39.9. The summed E-state index contributed by atoms with van der Waals surface area (Å²) in [5, 5.41) is 8.41. The summed E-state index contributed by atoms with van der Waals surface area (Å²) in [5.74, 6) is -16.9. The van der Waals surface area contributed by atoms with Crippen molar-refractivity contribution in [1.29, 1.82) is 0 Å². The van der Waals surface area contributed by atoms with Gasteiger partial charge in [-0.3, -0.25) is 57.5 Å². The van der Waals surface area contributed by atoms with Gasteiger partial charge in [-0.25, -0.2) is 8.78 Å². The maximum Gasteiger partial charge on any atom is 0.397 e. The molecule has 3 N–H and O–H groups in total. The van der Waals surface area contributed by atoms with Crippen LogP contribution >= 0.6 is 0 Å². The van der Waals surface area contributed by atoms with E-state index in [9.17, 15) is 45.5 Å². The number of nitrogens with one attached hydrogen (secondary N) is 3. The van der Waals surface area contributed by atoms with Crippen molar-refractivity contribution in [1.82, 2.24) is 60.0 Å². The molecule has 6 fully saturated rings. The Morgan fingerprint density at radius 2 is 1.27 bits per heavy atom. The lowest BCUT2D eigenvalue weighted by Gasteiger charge is -2.54. The van der Waals surface area contributed by atoms with Crippen LogP contribution in [0.3, 0.4) is 0 Å². The average molecular weight is 1600 g/mol. The van der Waals surface area contributed by atoms with Crippen LogP contribution in [0.4, 0.5) is 35.1 Å². The van der Waals surface area contributed by atoms with Crippen LogP contribution in [0.25, 0.3) is 0 Å². The lowest BCUT2D eigenvalue weighted by molar-refractivity contribution is -0.219. The van der Waals surface area contributed by atoms with Crippen LogP contribution in [0.1, 0.15) is 183 Å². The Hall–Kier alpha value is -7.26. The molecule has 7 aliphatic rings. The second-order valence-electron chi connectivity index (χ2n) is 34.0. The molecule has 3 aliphatic heterocycles. The fourth-order valence-electron chi connectivity index (χ4n) is 18.1. The van der Waals surface area contributed by atoms with Crippen molar-refractivity contribution in [3.63, 3.8) is 0 Å². The highest BCUT2D eigenvalue weighted by Gasteiger charge is 2.60. The maximum absolute atomic E-state index is 15.8. The minimum absolute atomic E-state index is 0.00279. The van der Waals surface area contributed by atoms with Crippen LogP contribution in [0.15, 0.2) is 12.2 Å². The predicted octanol–water partition coefficient (Wildman–Crippen LogP) is 6.76. The van der Waals surface area contributed by atoms with E-state index in [2.05, 4.69) is 16.0 Å². The van der Waals surface area contributed by atoms with Gasteiger partial charge in [-0.1, -0.05) is 59.6 Å². The van der Waals surface area contributed by atoms with Crippen molar-refractivity contribution in [3.8, 4) is 0 Å². The summed E-state index contributed by atoms with van der Waals surface area (Å²) < 4.78 is 128. The summed E-state index contributed by atoms with van der Waals surface area (Å²) in [6, 6.07) is -11.8. The molecule has 4 aliphatic carbocycles. The third-order valence-electron chi connectivity index (χ3n) is 24.1. The first-order valence-corrected chi connectivity index (χ1v) is 39.9. The zero-order valence-corrected chi connectivity index (χ0v) is 67.9. The number of nitrogens with zero attached hydrogens (tertiary/aromatic N) is 9. The fourth-order valence-corrected chi connectivity index (χ4v) is 18.1. The number of fused-ring (bicyclic) bond motifs is 3. The fraction of sp³-hybridized carbons (Fsp3) is 0.821. The second-order valence-corrected chi connectivity index (χ2v) is 34.0. The third kappa shape index (κ3) is 22.6. The van der Waals surface area contributed by atoms with Gasteiger partial charge in [-0.15, -0.1) is 0 Å². The minimum atomic E-state index is -5.23. The van der Waals surface area contributed by atoms with Gasteiger partial charge in [0.1, 0.15) is 72.1 Å². The van der Waals surface area contributed by atoms with E-state index in [0.29, 0.717) is 32.1 Å². The van der Waals surface area contributed by atoms with E-state index in [0.717, 1.165) is 29.4 Å². The number of hydrogen-bond donors (Lipinski definition) is 3. The summed E-state index contributed by atoms with van der Waals surface area (Å²) in [5.41, 5.74) is -2.39. The topological polar surface area (TPSA) is 289 Å². The quantitative estimate of drug-likeness (QED) is 0.113. The summed E-state index contributed by atoms with van der Waals surface area (Å²) in [6.07, 6.45) is -15.0. The average Bonchev–Trinajstić information content (AvgIpc) is 0.827. The molecule has 4 saturated carbocycles. The lowest BCUT2D eigenvalue weighted by Crippen LogP contribution is -2.71. The van der Waals surface area contributed by atoms with Gasteiger partial charge in [-0.05, 0) is 152 Å². The van der Waals surface area contributed by atoms with Crippen molar-refractivity contribution in [2.24, 2.45) is 40.9 Å². The van der Waals surface area contributed by atoms with Crippen molar-refractivity contribution >= 4 is 70.9 Å². The van der Waals surface area contributed by atoms with Crippen LogP contribution in [0.5, 0.6) is 0 Å². The van der Waals surface area contributed by atoms with Gasteiger partial charge in [0.2, 0.25) is 70.9 Å². The number of rotatable bonds is 15. The number of halogens is 8.